The van der Waals surface area contributed by atoms with Gasteiger partial charge < -0.3 is 10.1 Å². The zero-order valence-electron chi connectivity index (χ0n) is 15.8. The van der Waals surface area contributed by atoms with Gasteiger partial charge in [-0.15, -0.1) is 6.58 Å². The Bertz CT molecular complexity index is 708. The van der Waals surface area contributed by atoms with E-state index in [1.807, 2.05) is 60.7 Å². The molecule has 0 aromatic heterocycles. The predicted molar refractivity (Wildman–Crippen MR) is 109 cm³/mol. The summed E-state index contributed by atoms with van der Waals surface area (Å²) in [6.07, 6.45) is 7.48. The normalized spacial score (nSPS) is 17.0. The van der Waals surface area contributed by atoms with E-state index in [1.54, 1.807) is 6.08 Å². The molecule has 0 aliphatic heterocycles. The van der Waals surface area contributed by atoms with E-state index in [2.05, 4.69) is 11.9 Å². The molecule has 142 valence electrons. The average molecular weight is 364 g/mol. The number of hydrogen-bond acceptors (Lipinski definition) is 2. The third-order valence-corrected chi connectivity index (χ3v) is 5.21. The van der Waals surface area contributed by atoms with Gasteiger partial charge in [0.05, 0.1) is 18.1 Å². The Balaban J connectivity index is 1.74. The number of rotatable bonds is 8. The Labute approximate surface area is 162 Å². The minimum atomic E-state index is -0.394. The highest BCUT2D eigenvalue weighted by atomic mass is 16.5. The van der Waals surface area contributed by atoms with E-state index in [4.69, 9.17) is 4.74 Å². The highest BCUT2D eigenvalue weighted by Crippen LogP contribution is 2.28. The van der Waals surface area contributed by atoms with E-state index < -0.39 is 5.92 Å². The van der Waals surface area contributed by atoms with Crippen LogP contribution in [0.4, 0.5) is 0 Å². The van der Waals surface area contributed by atoms with Gasteiger partial charge in [0.2, 0.25) is 5.91 Å². The lowest BCUT2D eigenvalue weighted by Crippen LogP contribution is -2.38. The lowest BCUT2D eigenvalue weighted by Gasteiger charge is -2.30. The molecule has 3 rings (SSSR count). The first-order valence-electron chi connectivity index (χ1n) is 9.92. The Morgan fingerprint density at radius 2 is 1.67 bits per heavy atom. The van der Waals surface area contributed by atoms with Crippen LogP contribution in [-0.2, 0) is 16.1 Å². The van der Waals surface area contributed by atoms with Crippen molar-refractivity contribution >= 4 is 5.91 Å². The number of ether oxygens (including phenoxy) is 1. The van der Waals surface area contributed by atoms with Gasteiger partial charge in [0.1, 0.15) is 0 Å². The summed E-state index contributed by atoms with van der Waals surface area (Å²) in [6.45, 7) is 4.48. The Hall–Kier alpha value is -2.39. The second-order valence-corrected chi connectivity index (χ2v) is 7.19. The van der Waals surface area contributed by atoms with Crippen molar-refractivity contribution in [3.05, 3.63) is 84.4 Å². The van der Waals surface area contributed by atoms with Crippen molar-refractivity contribution in [2.24, 2.45) is 0 Å². The van der Waals surface area contributed by atoms with Crippen molar-refractivity contribution in [3.63, 3.8) is 0 Å². The quantitative estimate of drug-likeness (QED) is 0.671. The van der Waals surface area contributed by atoms with Crippen molar-refractivity contribution in [1.29, 1.82) is 0 Å². The van der Waals surface area contributed by atoms with Crippen LogP contribution in [0.25, 0.3) is 0 Å². The van der Waals surface area contributed by atoms with Crippen molar-refractivity contribution < 1.29 is 9.53 Å². The molecule has 0 saturated heterocycles. The van der Waals surface area contributed by atoms with Gasteiger partial charge in [0.15, 0.2) is 0 Å². The summed E-state index contributed by atoms with van der Waals surface area (Å²) in [5.74, 6) is -0.417. The molecule has 3 heteroatoms. The maximum atomic E-state index is 13.1. The molecule has 1 saturated carbocycles. The smallest absolute Gasteiger partial charge is 0.230 e. The summed E-state index contributed by atoms with van der Waals surface area (Å²) in [5.41, 5.74) is 2.05. The van der Waals surface area contributed by atoms with Crippen LogP contribution in [0.2, 0.25) is 0 Å². The molecule has 1 aliphatic rings. The SMILES string of the molecule is C=C[C@@H](OC1CCCCC1)[C@H](C(=O)NCc1ccccc1)c1ccccc1. The van der Waals surface area contributed by atoms with Crippen LogP contribution < -0.4 is 5.32 Å². The molecule has 2 aromatic rings. The first-order valence-corrected chi connectivity index (χ1v) is 9.92. The molecule has 0 radical (unpaired) electrons. The maximum absolute atomic E-state index is 13.1. The van der Waals surface area contributed by atoms with Crippen molar-refractivity contribution in [3.8, 4) is 0 Å². The molecule has 2 atom stereocenters. The van der Waals surface area contributed by atoms with Gasteiger partial charge in [0.25, 0.3) is 0 Å². The van der Waals surface area contributed by atoms with Crippen LogP contribution in [0.15, 0.2) is 73.3 Å². The van der Waals surface area contributed by atoms with Crippen molar-refractivity contribution in [2.45, 2.75) is 56.8 Å². The van der Waals surface area contributed by atoms with E-state index >= 15 is 0 Å². The van der Waals surface area contributed by atoms with Crippen molar-refractivity contribution in [2.75, 3.05) is 0 Å². The number of amides is 1. The minimum Gasteiger partial charge on any atom is -0.370 e. The largest absolute Gasteiger partial charge is 0.370 e. The van der Waals surface area contributed by atoms with E-state index in [0.717, 1.165) is 24.0 Å². The van der Waals surface area contributed by atoms with Gasteiger partial charge >= 0.3 is 0 Å². The van der Waals surface area contributed by atoms with E-state index in [-0.39, 0.29) is 18.1 Å². The molecule has 1 N–H and O–H groups in total. The van der Waals surface area contributed by atoms with Gasteiger partial charge in [-0.2, -0.15) is 0 Å². The third kappa shape index (κ3) is 5.54. The standard InChI is InChI=1S/C24H29NO2/c1-2-22(27-21-16-10-5-11-17-21)23(20-14-8-4-9-15-20)24(26)25-18-19-12-6-3-7-13-19/h2-4,6-9,12-15,21-23H,1,5,10-11,16-18H2,(H,25,26)/t22-,23-/m1/s1. The second kappa shape index (κ2) is 10.1. The first kappa shape index (κ1) is 19.4. The lowest BCUT2D eigenvalue weighted by atomic mass is 9.91. The van der Waals surface area contributed by atoms with Gasteiger partial charge in [-0.1, -0.05) is 86.0 Å². The predicted octanol–water partition coefficient (Wildman–Crippen LogP) is 4.99. The van der Waals surface area contributed by atoms with E-state index in [1.165, 1.54) is 19.3 Å². The lowest BCUT2D eigenvalue weighted by molar-refractivity contribution is -0.127. The van der Waals surface area contributed by atoms with Gasteiger partial charge in [-0.05, 0) is 24.0 Å². The highest BCUT2D eigenvalue weighted by molar-refractivity contribution is 5.84. The fourth-order valence-corrected chi connectivity index (χ4v) is 3.74. The molecule has 0 heterocycles. The van der Waals surface area contributed by atoms with Crippen molar-refractivity contribution in [1.82, 2.24) is 5.32 Å². The fraction of sp³-hybridized carbons (Fsp3) is 0.375. The van der Waals surface area contributed by atoms with Crippen LogP contribution >= 0.6 is 0 Å². The molecular weight excluding hydrogens is 334 g/mol. The number of hydrogen-bond donors (Lipinski definition) is 1. The minimum absolute atomic E-state index is 0.0224. The van der Waals surface area contributed by atoms with Gasteiger partial charge in [-0.3, -0.25) is 4.79 Å². The molecule has 2 aromatic carbocycles. The maximum Gasteiger partial charge on any atom is 0.230 e. The summed E-state index contributed by atoms with van der Waals surface area (Å²) < 4.78 is 6.35. The number of carbonyl (C=O) groups excluding carboxylic acids is 1. The summed E-state index contributed by atoms with van der Waals surface area (Å²) in [7, 11) is 0. The monoisotopic (exact) mass is 363 g/mol. The van der Waals surface area contributed by atoms with Crippen LogP contribution in [0.1, 0.15) is 49.1 Å². The average Bonchev–Trinajstić information content (AvgIpc) is 2.74. The van der Waals surface area contributed by atoms with E-state index in [9.17, 15) is 4.79 Å². The number of benzene rings is 2. The molecule has 1 fully saturated rings. The Morgan fingerprint density at radius 3 is 2.30 bits per heavy atom. The number of nitrogens with one attached hydrogen (secondary N) is 1. The summed E-state index contributed by atoms with van der Waals surface area (Å²) >= 11 is 0. The second-order valence-electron chi connectivity index (χ2n) is 7.19. The number of carbonyl (C=O) groups is 1. The van der Waals surface area contributed by atoms with Gasteiger partial charge in [-0.25, -0.2) is 0 Å². The Morgan fingerprint density at radius 1 is 1.04 bits per heavy atom. The van der Waals surface area contributed by atoms with Gasteiger partial charge in [0, 0.05) is 6.54 Å². The first-order chi connectivity index (χ1) is 13.3. The molecular formula is C24H29NO2. The van der Waals surface area contributed by atoms with Crippen LogP contribution in [0.5, 0.6) is 0 Å². The molecule has 1 aliphatic carbocycles. The molecule has 3 nitrogen and oxygen atoms in total. The zero-order valence-corrected chi connectivity index (χ0v) is 15.8. The Kier molecular flexibility index (Phi) is 7.23. The fourth-order valence-electron chi connectivity index (χ4n) is 3.74. The molecule has 0 unspecified atom stereocenters. The topological polar surface area (TPSA) is 38.3 Å². The summed E-state index contributed by atoms with van der Waals surface area (Å²) in [5, 5.41) is 3.08. The molecule has 27 heavy (non-hydrogen) atoms. The molecule has 0 bridgehead atoms. The van der Waals surface area contributed by atoms with Crippen LogP contribution in [0.3, 0.4) is 0 Å². The van der Waals surface area contributed by atoms with Crippen LogP contribution in [-0.4, -0.2) is 18.1 Å². The molecule has 1 amide bonds. The highest BCUT2D eigenvalue weighted by Gasteiger charge is 2.31. The molecule has 0 spiro atoms. The third-order valence-electron chi connectivity index (χ3n) is 5.21. The zero-order chi connectivity index (χ0) is 18.9. The summed E-state index contributed by atoms with van der Waals surface area (Å²) in [6, 6.07) is 19.9. The van der Waals surface area contributed by atoms with E-state index in [0.29, 0.717) is 6.54 Å². The van der Waals surface area contributed by atoms with Crippen LogP contribution in [0, 0.1) is 0 Å². The summed E-state index contributed by atoms with van der Waals surface area (Å²) in [4.78, 5) is 13.1.